The minimum absolute atomic E-state index is 0.153. The minimum Gasteiger partial charge on any atom is -0.497 e. The van der Waals surface area contributed by atoms with Crippen LogP contribution in [0.3, 0.4) is 0 Å². The van der Waals surface area contributed by atoms with Gasteiger partial charge in [-0.2, -0.15) is 0 Å². The van der Waals surface area contributed by atoms with Gasteiger partial charge in [0, 0.05) is 23.2 Å². The first kappa shape index (κ1) is 22.6. The third kappa shape index (κ3) is 4.89. The first-order valence-electron chi connectivity index (χ1n) is 10.3. The van der Waals surface area contributed by atoms with Crippen molar-refractivity contribution in [3.63, 3.8) is 0 Å². The van der Waals surface area contributed by atoms with E-state index in [-0.39, 0.29) is 13.2 Å². The van der Waals surface area contributed by atoms with Crippen molar-refractivity contribution in [1.29, 1.82) is 0 Å². The monoisotopic (exact) mass is 456 g/mol. The molecule has 2 aromatic heterocycles. The third-order valence-corrected chi connectivity index (χ3v) is 5.01. The molecule has 2 aromatic carbocycles. The van der Waals surface area contributed by atoms with Gasteiger partial charge in [0.2, 0.25) is 0 Å². The van der Waals surface area contributed by atoms with E-state index in [0.29, 0.717) is 44.4 Å². The van der Waals surface area contributed by atoms with Crippen LogP contribution in [0.15, 0.2) is 60.9 Å². The number of ether oxygens (including phenoxy) is 4. The lowest BCUT2D eigenvalue weighted by molar-refractivity contribution is 0.0541. The van der Waals surface area contributed by atoms with Gasteiger partial charge in [0.1, 0.15) is 11.5 Å². The topological polar surface area (TPSA) is 96.8 Å². The van der Waals surface area contributed by atoms with Gasteiger partial charge in [0.25, 0.3) is 0 Å². The molecule has 0 saturated heterocycles. The molecule has 0 aliphatic heterocycles. The summed E-state index contributed by atoms with van der Waals surface area (Å²) in [5.41, 5.74) is 2.01. The lowest BCUT2D eigenvalue weighted by Gasteiger charge is -2.07. The Kier molecular flexibility index (Phi) is 6.84. The van der Waals surface area contributed by atoms with E-state index in [1.165, 1.54) is 12.4 Å². The highest BCUT2D eigenvalue weighted by molar-refractivity contribution is 6.04. The van der Waals surface area contributed by atoms with Crippen molar-refractivity contribution < 1.29 is 28.5 Å². The number of carbonyl (C=O) groups excluding carboxylic acids is 2. The molecule has 0 amide bonds. The molecule has 0 atom stereocenters. The third-order valence-electron chi connectivity index (χ3n) is 5.01. The molecule has 0 bridgehead atoms. The molecule has 0 aliphatic carbocycles. The fraction of sp³-hybridized carbons (Fsp3) is 0.154. The van der Waals surface area contributed by atoms with Gasteiger partial charge in [-0.1, -0.05) is 11.8 Å². The number of hydrogen-bond acceptors (Lipinski definition) is 8. The number of benzene rings is 2. The molecule has 4 aromatic rings. The van der Waals surface area contributed by atoms with Crippen molar-refractivity contribution >= 4 is 33.7 Å². The average Bonchev–Trinajstić information content (AvgIpc) is 2.88. The standard InChI is InChI=1S/C26H20N2O6/c1-31-17-5-7-23-21(15-17)19(9-11-27-23)25(29)33-13-3-4-14-34-26(30)20-10-12-28-24-8-6-18(32-2)16-22(20)24/h5-12,15-16H,13-14H2,1-2H3. The van der Waals surface area contributed by atoms with Gasteiger partial charge in [0.05, 0.1) is 36.4 Å². The number of fused-ring (bicyclic) bond motifs is 2. The van der Waals surface area contributed by atoms with E-state index in [0.717, 1.165) is 0 Å². The van der Waals surface area contributed by atoms with Crippen LogP contribution in [0.25, 0.3) is 21.8 Å². The van der Waals surface area contributed by atoms with Gasteiger partial charge in [-0.25, -0.2) is 9.59 Å². The molecule has 0 aliphatic rings. The maximum absolute atomic E-state index is 12.5. The summed E-state index contributed by atoms with van der Waals surface area (Å²) in [6.45, 7) is -0.306. The predicted molar refractivity (Wildman–Crippen MR) is 125 cm³/mol. The van der Waals surface area contributed by atoms with Gasteiger partial charge in [0.15, 0.2) is 13.2 Å². The quantitative estimate of drug-likeness (QED) is 0.319. The molecule has 4 rings (SSSR count). The van der Waals surface area contributed by atoms with Crippen LogP contribution < -0.4 is 9.47 Å². The van der Waals surface area contributed by atoms with E-state index in [9.17, 15) is 9.59 Å². The second-order valence-electron chi connectivity index (χ2n) is 6.99. The number of carbonyl (C=O) groups is 2. The van der Waals surface area contributed by atoms with Crippen LogP contribution in [-0.4, -0.2) is 49.3 Å². The highest BCUT2D eigenvalue weighted by Gasteiger charge is 2.14. The number of pyridine rings is 2. The zero-order valence-electron chi connectivity index (χ0n) is 18.5. The Hall–Kier alpha value is -4.64. The highest BCUT2D eigenvalue weighted by Crippen LogP contribution is 2.24. The van der Waals surface area contributed by atoms with Crippen molar-refractivity contribution in [2.24, 2.45) is 0 Å². The summed E-state index contributed by atoms with van der Waals surface area (Å²) in [5.74, 6) is 5.49. The molecule has 8 nitrogen and oxygen atoms in total. The SMILES string of the molecule is COc1ccc2nccc(C(=O)OCC#CCOC(=O)c3ccnc4ccc(OC)cc34)c2c1. The second kappa shape index (κ2) is 10.3. The van der Waals surface area contributed by atoms with Crippen LogP contribution in [-0.2, 0) is 9.47 Å². The van der Waals surface area contributed by atoms with E-state index < -0.39 is 11.9 Å². The van der Waals surface area contributed by atoms with E-state index in [1.54, 1.807) is 62.8 Å². The van der Waals surface area contributed by atoms with Crippen molar-refractivity contribution in [3.05, 3.63) is 72.1 Å². The van der Waals surface area contributed by atoms with Crippen molar-refractivity contribution in [3.8, 4) is 23.3 Å². The van der Waals surface area contributed by atoms with Gasteiger partial charge < -0.3 is 18.9 Å². The van der Waals surface area contributed by atoms with Crippen molar-refractivity contribution in [2.75, 3.05) is 27.4 Å². The Balaban J connectivity index is 1.35. The Morgan fingerprint density at radius 3 is 1.56 bits per heavy atom. The maximum atomic E-state index is 12.5. The van der Waals surface area contributed by atoms with Gasteiger partial charge >= 0.3 is 11.9 Å². The zero-order chi connectivity index (χ0) is 23.9. The normalized spacial score (nSPS) is 10.3. The van der Waals surface area contributed by atoms with Gasteiger partial charge in [-0.15, -0.1) is 0 Å². The number of methoxy groups -OCH3 is 2. The molecule has 0 radical (unpaired) electrons. The Labute approximate surface area is 195 Å². The molecule has 0 saturated carbocycles. The fourth-order valence-corrected chi connectivity index (χ4v) is 3.32. The van der Waals surface area contributed by atoms with E-state index in [2.05, 4.69) is 21.8 Å². The number of aromatic nitrogens is 2. The molecular formula is C26H20N2O6. The van der Waals surface area contributed by atoms with Gasteiger partial charge in [-0.05, 0) is 48.5 Å². The zero-order valence-corrected chi connectivity index (χ0v) is 18.5. The number of rotatable bonds is 6. The maximum Gasteiger partial charge on any atom is 0.339 e. The van der Waals surface area contributed by atoms with Crippen molar-refractivity contribution in [2.45, 2.75) is 0 Å². The molecule has 0 spiro atoms. The average molecular weight is 456 g/mol. The summed E-state index contributed by atoms with van der Waals surface area (Å²) in [6, 6.07) is 13.7. The number of hydrogen-bond donors (Lipinski definition) is 0. The molecule has 0 unspecified atom stereocenters. The van der Waals surface area contributed by atoms with Crippen LogP contribution in [0.2, 0.25) is 0 Å². The molecule has 0 N–H and O–H groups in total. The molecule has 0 fully saturated rings. The summed E-state index contributed by atoms with van der Waals surface area (Å²) in [7, 11) is 3.10. The van der Waals surface area contributed by atoms with Crippen molar-refractivity contribution in [1.82, 2.24) is 9.97 Å². The highest BCUT2D eigenvalue weighted by atomic mass is 16.5. The molecule has 34 heavy (non-hydrogen) atoms. The van der Waals surface area contributed by atoms with E-state index in [1.807, 2.05) is 0 Å². The molecular weight excluding hydrogens is 436 g/mol. The first-order valence-corrected chi connectivity index (χ1v) is 10.3. The van der Waals surface area contributed by atoms with Crippen LogP contribution in [0, 0.1) is 11.8 Å². The Bertz CT molecular complexity index is 1330. The summed E-state index contributed by atoms with van der Waals surface area (Å²) >= 11 is 0. The Morgan fingerprint density at radius 2 is 1.15 bits per heavy atom. The van der Waals surface area contributed by atoms with E-state index in [4.69, 9.17) is 18.9 Å². The largest absolute Gasteiger partial charge is 0.497 e. The first-order chi connectivity index (χ1) is 16.6. The fourth-order valence-electron chi connectivity index (χ4n) is 3.32. The molecule has 170 valence electrons. The lowest BCUT2D eigenvalue weighted by Crippen LogP contribution is -2.08. The van der Waals surface area contributed by atoms with E-state index >= 15 is 0 Å². The minimum atomic E-state index is -0.538. The molecule has 2 heterocycles. The summed E-state index contributed by atoms with van der Waals surface area (Å²) in [4.78, 5) is 33.5. The van der Waals surface area contributed by atoms with Gasteiger partial charge in [-0.3, -0.25) is 9.97 Å². The van der Waals surface area contributed by atoms with Crippen LogP contribution in [0.5, 0.6) is 11.5 Å². The predicted octanol–water partition coefficient (Wildman–Crippen LogP) is 3.82. The number of nitrogens with zero attached hydrogens (tertiary/aromatic N) is 2. The smallest absolute Gasteiger partial charge is 0.339 e. The Morgan fingerprint density at radius 1 is 0.706 bits per heavy atom. The summed E-state index contributed by atoms with van der Waals surface area (Å²) in [5, 5.41) is 1.24. The summed E-state index contributed by atoms with van der Waals surface area (Å²) in [6.07, 6.45) is 3.07. The second-order valence-corrected chi connectivity index (χ2v) is 6.99. The summed E-state index contributed by atoms with van der Waals surface area (Å²) < 4.78 is 20.9. The molecule has 8 heteroatoms. The lowest BCUT2D eigenvalue weighted by atomic mass is 10.1. The van der Waals surface area contributed by atoms with Crippen LogP contribution >= 0.6 is 0 Å². The van der Waals surface area contributed by atoms with Crippen LogP contribution in [0.4, 0.5) is 0 Å². The number of esters is 2. The van der Waals surface area contributed by atoms with Crippen LogP contribution in [0.1, 0.15) is 20.7 Å².